The second kappa shape index (κ2) is 7.72. The van der Waals surface area contributed by atoms with Gasteiger partial charge in [0.15, 0.2) is 5.82 Å². The van der Waals surface area contributed by atoms with Gasteiger partial charge >= 0.3 is 6.09 Å². The lowest BCUT2D eigenvalue weighted by atomic mass is 9.88. The molecule has 0 aromatic carbocycles. The Morgan fingerprint density at radius 2 is 1.96 bits per heavy atom. The van der Waals surface area contributed by atoms with Crippen LogP contribution < -0.4 is 0 Å². The Hall–Kier alpha value is -1.63. The zero-order valence-electron chi connectivity index (χ0n) is 16.4. The van der Waals surface area contributed by atoms with Gasteiger partial charge in [-0.1, -0.05) is 6.92 Å². The van der Waals surface area contributed by atoms with Gasteiger partial charge in [-0.3, -0.25) is 0 Å². The van der Waals surface area contributed by atoms with Crippen LogP contribution in [0.5, 0.6) is 0 Å². The Kier molecular flexibility index (Phi) is 6.08. The third-order valence-corrected chi connectivity index (χ3v) is 4.61. The molecule has 25 heavy (non-hydrogen) atoms. The molecule has 2 rings (SSSR count). The maximum absolute atomic E-state index is 12.2. The summed E-state index contributed by atoms with van der Waals surface area (Å²) in [5.41, 5.74) is -0.680. The summed E-state index contributed by atoms with van der Waals surface area (Å²) in [6, 6.07) is 0.257. The molecule has 1 aromatic heterocycles. The first-order valence-corrected chi connectivity index (χ1v) is 9.16. The van der Waals surface area contributed by atoms with Crippen molar-refractivity contribution in [1.82, 2.24) is 19.7 Å². The van der Waals surface area contributed by atoms with Gasteiger partial charge in [-0.15, -0.1) is 0 Å². The summed E-state index contributed by atoms with van der Waals surface area (Å²) in [5.74, 6) is 0.845. The standard InChI is InChI=1S/C18H32N4O3/c1-7-18(24-12-15-19-13-20-22(15)14(2)3)8-10-21(11-9-18)16(23)25-17(4,5)6/h13-14H,7-12H2,1-6H3. The zero-order chi connectivity index (χ0) is 18.7. The zero-order valence-corrected chi connectivity index (χ0v) is 16.4. The van der Waals surface area contributed by atoms with Gasteiger partial charge in [-0.05, 0) is 53.9 Å². The number of ether oxygens (including phenoxy) is 2. The maximum atomic E-state index is 12.2. The molecule has 1 aromatic rings. The second-order valence-electron chi connectivity index (χ2n) is 8.01. The van der Waals surface area contributed by atoms with Crippen LogP contribution in [-0.4, -0.2) is 50.0 Å². The number of amides is 1. The lowest BCUT2D eigenvalue weighted by Crippen LogP contribution is -2.49. The monoisotopic (exact) mass is 352 g/mol. The van der Waals surface area contributed by atoms with E-state index in [-0.39, 0.29) is 17.7 Å². The van der Waals surface area contributed by atoms with Crippen LogP contribution in [0.25, 0.3) is 0 Å². The van der Waals surface area contributed by atoms with Gasteiger partial charge in [0, 0.05) is 19.1 Å². The van der Waals surface area contributed by atoms with Crippen molar-refractivity contribution < 1.29 is 14.3 Å². The lowest BCUT2D eigenvalue weighted by molar-refractivity contribution is -0.0982. The molecule has 1 fully saturated rings. The van der Waals surface area contributed by atoms with Crippen molar-refractivity contribution in [3.05, 3.63) is 12.2 Å². The summed E-state index contributed by atoms with van der Waals surface area (Å²) in [7, 11) is 0. The van der Waals surface area contributed by atoms with Crippen LogP contribution in [0.3, 0.4) is 0 Å². The Morgan fingerprint density at radius 1 is 1.32 bits per heavy atom. The van der Waals surface area contributed by atoms with Crippen molar-refractivity contribution in [3.8, 4) is 0 Å². The van der Waals surface area contributed by atoms with Gasteiger partial charge in [-0.2, -0.15) is 5.10 Å². The fraction of sp³-hybridized carbons (Fsp3) is 0.833. The van der Waals surface area contributed by atoms with E-state index in [4.69, 9.17) is 9.47 Å². The van der Waals surface area contributed by atoms with E-state index in [0.717, 1.165) is 25.1 Å². The number of carbonyl (C=O) groups excluding carboxylic acids is 1. The van der Waals surface area contributed by atoms with Gasteiger partial charge in [0.1, 0.15) is 18.5 Å². The fourth-order valence-corrected chi connectivity index (χ4v) is 3.05. The van der Waals surface area contributed by atoms with E-state index in [1.165, 1.54) is 0 Å². The predicted octanol–water partition coefficient (Wildman–Crippen LogP) is 3.56. The smallest absolute Gasteiger partial charge is 0.410 e. The van der Waals surface area contributed by atoms with E-state index in [1.54, 1.807) is 11.2 Å². The highest BCUT2D eigenvalue weighted by Gasteiger charge is 2.37. The lowest BCUT2D eigenvalue weighted by Gasteiger charge is -2.41. The van der Waals surface area contributed by atoms with Crippen LogP contribution in [0.2, 0.25) is 0 Å². The van der Waals surface area contributed by atoms with Crippen LogP contribution in [0.1, 0.15) is 72.7 Å². The molecule has 0 unspecified atom stereocenters. The number of hydrogen-bond donors (Lipinski definition) is 0. The van der Waals surface area contributed by atoms with Crippen molar-refractivity contribution in [2.45, 2.75) is 84.7 Å². The maximum Gasteiger partial charge on any atom is 0.410 e. The van der Waals surface area contributed by atoms with Crippen LogP contribution in [0, 0.1) is 0 Å². The minimum Gasteiger partial charge on any atom is -0.444 e. The Balaban J connectivity index is 1.92. The number of nitrogens with zero attached hydrogens (tertiary/aromatic N) is 4. The van der Waals surface area contributed by atoms with Crippen molar-refractivity contribution in [1.29, 1.82) is 0 Å². The molecular formula is C18H32N4O3. The van der Waals surface area contributed by atoms with Gasteiger partial charge in [0.05, 0.1) is 5.60 Å². The highest BCUT2D eigenvalue weighted by molar-refractivity contribution is 5.68. The number of aromatic nitrogens is 3. The van der Waals surface area contributed by atoms with Gasteiger partial charge in [0.25, 0.3) is 0 Å². The highest BCUT2D eigenvalue weighted by Crippen LogP contribution is 2.31. The van der Waals surface area contributed by atoms with Crippen molar-refractivity contribution in [3.63, 3.8) is 0 Å². The largest absolute Gasteiger partial charge is 0.444 e. The molecule has 1 amide bonds. The van der Waals surface area contributed by atoms with E-state index in [9.17, 15) is 4.79 Å². The minimum atomic E-state index is -0.464. The Labute approximate surface area is 150 Å². The summed E-state index contributed by atoms with van der Waals surface area (Å²) in [4.78, 5) is 18.3. The molecule has 0 saturated carbocycles. The summed E-state index contributed by atoms with van der Waals surface area (Å²) in [5, 5.41) is 4.25. The van der Waals surface area contributed by atoms with E-state index in [2.05, 4.69) is 30.9 Å². The molecule has 0 aliphatic carbocycles. The van der Waals surface area contributed by atoms with Crippen LogP contribution in [-0.2, 0) is 16.1 Å². The van der Waals surface area contributed by atoms with Gasteiger partial charge in [0.2, 0.25) is 0 Å². The SMILES string of the molecule is CCC1(OCc2ncnn2C(C)C)CCN(C(=O)OC(C)(C)C)CC1. The normalized spacial score (nSPS) is 17.8. The van der Waals surface area contributed by atoms with Crippen LogP contribution in [0.15, 0.2) is 6.33 Å². The minimum absolute atomic E-state index is 0.216. The molecule has 1 saturated heterocycles. The van der Waals surface area contributed by atoms with Crippen molar-refractivity contribution >= 4 is 6.09 Å². The number of piperidine rings is 1. The summed E-state index contributed by atoms with van der Waals surface area (Å²) in [6.45, 7) is 13.7. The molecule has 1 aliphatic rings. The number of rotatable bonds is 5. The van der Waals surface area contributed by atoms with E-state index < -0.39 is 5.60 Å². The Bertz CT molecular complexity index is 569. The first-order valence-electron chi connectivity index (χ1n) is 9.16. The highest BCUT2D eigenvalue weighted by atomic mass is 16.6. The molecule has 2 heterocycles. The van der Waals surface area contributed by atoms with Crippen molar-refractivity contribution in [2.24, 2.45) is 0 Å². The number of hydrogen-bond acceptors (Lipinski definition) is 5. The summed E-state index contributed by atoms with van der Waals surface area (Å²) >= 11 is 0. The topological polar surface area (TPSA) is 69.5 Å². The third-order valence-electron chi connectivity index (χ3n) is 4.61. The summed E-state index contributed by atoms with van der Waals surface area (Å²) in [6.07, 6.45) is 3.85. The molecular weight excluding hydrogens is 320 g/mol. The third kappa shape index (κ3) is 5.17. The summed E-state index contributed by atoms with van der Waals surface area (Å²) < 4.78 is 13.6. The van der Waals surface area contributed by atoms with Crippen LogP contribution >= 0.6 is 0 Å². The first-order chi connectivity index (χ1) is 11.7. The predicted molar refractivity (Wildman–Crippen MR) is 95.3 cm³/mol. The molecule has 0 atom stereocenters. The molecule has 1 aliphatic heterocycles. The molecule has 142 valence electrons. The molecule has 0 spiro atoms. The molecule has 0 N–H and O–H groups in total. The average Bonchev–Trinajstić information content (AvgIpc) is 3.00. The first kappa shape index (κ1) is 19.7. The fourth-order valence-electron chi connectivity index (χ4n) is 3.05. The van der Waals surface area contributed by atoms with E-state index >= 15 is 0 Å². The molecule has 0 bridgehead atoms. The second-order valence-corrected chi connectivity index (χ2v) is 8.01. The Morgan fingerprint density at radius 3 is 2.48 bits per heavy atom. The molecule has 0 radical (unpaired) electrons. The molecule has 7 heteroatoms. The van der Waals surface area contributed by atoms with Gasteiger partial charge in [-0.25, -0.2) is 14.5 Å². The van der Waals surface area contributed by atoms with Gasteiger partial charge < -0.3 is 14.4 Å². The van der Waals surface area contributed by atoms with Crippen molar-refractivity contribution in [2.75, 3.05) is 13.1 Å². The van der Waals surface area contributed by atoms with E-state index in [1.807, 2.05) is 25.5 Å². The number of likely N-dealkylation sites (tertiary alicyclic amines) is 1. The molecule has 7 nitrogen and oxygen atoms in total. The quantitative estimate of drug-likeness (QED) is 0.810. The van der Waals surface area contributed by atoms with E-state index in [0.29, 0.717) is 19.7 Å². The average molecular weight is 352 g/mol. The van der Waals surface area contributed by atoms with Crippen LogP contribution in [0.4, 0.5) is 4.79 Å². The number of carbonyl (C=O) groups is 1.